The molecule has 1 atom stereocenters. The van der Waals surface area contributed by atoms with Gasteiger partial charge >= 0.3 is 0 Å². The molecule has 0 aromatic heterocycles. The van der Waals surface area contributed by atoms with Crippen LogP contribution in [0.1, 0.15) is 45.1 Å². The van der Waals surface area contributed by atoms with Crippen molar-refractivity contribution < 1.29 is 0 Å². The fourth-order valence-corrected chi connectivity index (χ4v) is 2.76. The van der Waals surface area contributed by atoms with Crippen molar-refractivity contribution in [1.82, 2.24) is 5.32 Å². The normalized spacial score (nSPS) is 20.3. The highest BCUT2D eigenvalue weighted by molar-refractivity contribution is 5.47. The predicted molar refractivity (Wildman–Crippen MR) is 83.7 cm³/mol. The lowest BCUT2D eigenvalue weighted by Crippen LogP contribution is -2.24. The van der Waals surface area contributed by atoms with Crippen LogP contribution in [0.25, 0.3) is 0 Å². The quantitative estimate of drug-likeness (QED) is 0.810. The van der Waals surface area contributed by atoms with Crippen LogP contribution >= 0.6 is 0 Å². The number of nitrogens with zero attached hydrogens (tertiary/aromatic N) is 1. The Hall–Kier alpha value is -1.02. The Morgan fingerprint density at radius 1 is 1.16 bits per heavy atom. The monoisotopic (exact) mass is 260 g/mol. The molecule has 1 N–H and O–H groups in total. The molecule has 19 heavy (non-hydrogen) atoms. The van der Waals surface area contributed by atoms with E-state index in [2.05, 4.69) is 48.3 Å². The molecule has 0 radical (unpaired) electrons. The lowest BCUT2D eigenvalue weighted by molar-refractivity contribution is 0.521. The fraction of sp³-hybridized carbons (Fsp3) is 0.647. The summed E-state index contributed by atoms with van der Waals surface area (Å²) in [4.78, 5) is 2.55. The molecule has 2 heteroatoms. The molecule has 1 unspecified atom stereocenters. The summed E-state index contributed by atoms with van der Waals surface area (Å²) in [5.41, 5.74) is 2.79. The molecule has 0 bridgehead atoms. The van der Waals surface area contributed by atoms with E-state index in [0.29, 0.717) is 0 Å². The van der Waals surface area contributed by atoms with E-state index in [0.717, 1.165) is 19.0 Å². The van der Waals surface area contributed by atoms with Gasteiger partial charge in [0.05, 0.1) is 0 Å². The van der Waals surface area contributed by atoms with Crippen LogP contribution in [0.3, 0.4) is 0 Å². The van der Waals surface area contributed by atoms with Crippen LogP contribution in [-0.4, -0.2) is 19.6 Å². The topological polar surface area (TPSA) is 15.3 Å². The van der Waals surface area contributed by atoms with Crippen LogP contribution < -0.4 is 10.2 Å². The van der Waals surface area contributed by atoms with Crippen LogP contribution in [-0.2, 0) is 6.54 Å². The highest BCUT2D eigenvalue weighted by Crippen LogP contribution is 2.22. The third-order valence-electron chi connectivity index (χ3n) is 4.07. The third kappa shape index (κ3) is 4.54. The Morgan fingerprint density at radius 3 is 2.68 bits per heavy atom. The van der Waals surface area contributed by atoms with Crippen molar-refractivity contribution >= 4 is 5.69 Å². The second-order valence-corrected chi connectivity index (χ2v) is 5.87. The van der Waals surface area contributed by atoms with E-state index in [1.807, 2.05) is 0 Å². The van der Waals surface area contributed by atoms with Gasteiger partial charge in [-0.05, 0) is 55.8 Å². The first kappa shape index (κ1) is 14.4. The summed E-state index contributed by atoms with van der Waals surface area (Å²) in [6, 6.07) is 9.12. The van der Waals surface area contributed by atoms with Crippen molar-refractivity contribution in [2.24, 2.45) is 5.92 Å². The van der Waals surface area contributed by atoms with E-state index in [4.69, 9.17) is 0 Å². The van der Waals surface area contributed by atoms with Crippen LogP contribution in [0.5, 0.6) is 0 Å². The van der Waals surface area contributed by atoms with Crippen molar-refractivity contribution in [3.63, 3.8) is 0 Å². The fourth-order valence-electron chi connectivity index (χ4n) is 2.76. The molecule has 106 valence electrons. The molecular formula is C17H28N2. The second-order valence-electron chi connectivity index (χ2n) is 5.87. The van der Waals surface area contributed by atoms with E-state index in [1.54, 1.807) is 0 Å². The van der Waals surface area contributed by atoms with Crippen molar-refractivity contribution in [2.75, 3.05) is 24.5 Å². The number of rotatable bonds is 5. The zero-order valence-corrected chi connectivity index (χ0v) is 12.5. The van der Waals surface area contributed by atoms with Gasteiger partial charge in [0, 0.05) is 25.3 Å². The molecule has 1 fully saturated rings. The molecule has 2 nitrogen and oxygen atoms in total. The van der Waals surface area contributed by atoms with E-state index in [9.17, 15) is 0 Å². The van der Waals surface area contributed by atoms with Gasteiger partial charge in [-0.2, -0.15) is 0 Å². The molecule has 0 aliphatic carbocycles. The smallest absolute Gasteiger partial charge is 0.0366 e. The van der Waals surface area contributed by atoms with Gasteiger partial charge in [-0.3, -0.25) is 0 Å². The maximum atomic E-state index is 3.45. The average Bonchev–Trinajstić information content (AvgIpc) is 2.65. The first-order valence-corrected chi connectivity index (χ1v) is 7.84. The Balaban J connectivity index is 1.90. The van der Waals surface area contributed by atoms with Crippen molar-refractivity contribution in [3.05, 3.63) is 29.8 Å². The second kappa shape index (κ2) is 7.54. The Bertz CT molecular complexity index is 358. The summed E-state index contributed by atoms with van der Waals surface area (Å²) in [7, 11) is 0. The Labute approximate surface area is 118 Å². The van der Waals surface area contributed by atoms with Crippen molar-refractivity contribution in [3.8, 4) is 0 Å². The average molecular weight is 260 g/mol. The molecule has 1 aromatic rings. The van der Waals surface area contributed by atoms with Gasteiger partial charge in [0.15, 0.2) is 0 Å². The minimum atomic E-state index is 0.891. The molecule has 1 aromatic carbocycles. The minimum Gasteiger partial charge on any atom is -0.372 e. The van der Waals surface area contributed by atoms with Crippen LogP contribution in [0.15, 0.2) is 24.3 Å². The van der Waals surface area contributed by atoms with E-state index < -0.39 is 0 Å². The lowest BCUT2D eigenvalue weighted by Gasteiger charge is -2.23. The molecule has 0 saturated carbocycles. The zero-order chi connectivity index (χ0) is 13.5. The zero-order valence-electron chi connectivity index (χ0n) is 12.5. The molecule has 2 rings (SSSR count). The number of nitrogens with one attached hydrogen (secondary N) is 1. The maximum Gasteiger partial charge on any atom is 0.0366 e. The molecule has 1 aliphatic heterocycles. The Kier molecular flexibility index (Phi) is 5.71. The largest absolute Gasteiger partial charge is 0.372 e. The highest BCUT2D eigenvalue weighted by atomic mass is 15.1. The first-order valence-electron chi connectivity index (χ1n) is 7.84. The predicted octanol–water partition coefficient (Wildman–Crippen LogP) is 3.81. The number of benzene rings is 1. The van der Waals surface area contributed by atoms with Gasteiger partial charge in [0.25, 0.3) is 0 Å². The number of hydrogen-bond acceptors (Lipinski definition) is 2. The van der Waals surface area contributed by atoms with Crippen LogP contribution in [0.4, 0.5) is 5.69 Å². The summed E-state index contributed by atoms with van der Waals surface area (Å²) in [6.45, 7) is 9.12. The molecular weight excluding hydrogens is 232 g/mol. The standard InChI is InChI=1S/C17H28N2/c1-3-11-18-14-16-6-8-17(9-7-16)19-12-4-5-15(2)10-13-19/h6-9,15,18H,3-5,10-14H2,1-2H3. The van der Waals surface area contributed by atoms with Crippen molar-refractivity contribution in [2.45, 2.75) is 46.1 Å². The maximum absolute atomic E-state index is 3.45. The molecule has 0 spiro atoms. The van der Waals surface area contributed by atoms with Gasteiger partial charge in [-0.15, -0.1) is 0 Å². The summed E-state index contributed by atoms with van der Waals surface area (Å²) >= 11 is 0. The summed E-state index contributed by atoms with van der Waals surface area (Å²) in [5.74, 6) is 0.891. The van der Waals surface area contributed by atoms with Gasteiger partial charge in [-0.25, -0.2) is 0 Å². The SMILES string of the molecule is CCCNCc1ccc(N2CCCC(C)CC2)cc1. The third-order valence-corrected chi connectivity index (χ3v) is 4.07. The van der Waals surface area contributed by atoms with Gasteiger partial charge in [-0.1, -0.05) is 26.0 Å². The van der Waals surface area contributed by atoms with E-state index in [1.165, 1.54) is 50.0 Å². The lowest BCUT2D eigenvalue weighted by atomic mass is 10.0. The molecule has 1 aliphatic rings. The summed E-state index contributed by atoms with van der Waals surface area (Å²) in [6.07, 6.45) is 5.25. The molecule has 1 heterocycles. The van der Waals surface area contributed by atoms with E-state index in [-0.39, 0.29) is 0 Å². The highest BCUT2D eigenvalue weighted by Gasteiger charge is 2.13. The number of anilines is 1. The van der Waals surface area contributed by atoms with Crippen molar-refractivity contribution in [1.29, 1.82) is 0 Å². The minimum absolute atomic E-state index is 0.891. The Morgan fingerprint density at radius 2 is 1.95 bits per heavy atom. The van der Waals surface area contributed by atoms with Crippen LogP contribution in [0.2, 0.25) is 0 Å². The van der Waals surface area contributed by atoms with E-state index >= 15 is 0 Å². The number of hydrogen-bond donors (Lipinski definition) is 1. The van der Waals surface area contributed by atoms with Gasteiger partial charge in [0.1, 0.15) is 0 Å². The van der Waals surface area contributed by atoms with Gasteiger partial charge < -0.3 is 10.2 Å². The molecule has 1 saturated heterocycles. The summed E-state index contributed by atoms with van der Waals surface area (Å²) in [5, 5.41) is 3.45. The summed E-state index contributed by atoms with van der Waals surface area (Å²) < 4.78 is 0. The molecule has 0 amide bonds. The van der Waals surface area contributed by atoms with Crippen LogP contribution in [0, 0.1) is 5.92 Å². The van der Waals surface area contributed by atoms with Gasteiger partial charge in [0.2, 0.25) is 0 Å². The first-order chi connectivity index (χ1) is 9.29.